The highest BCUT2D eigenvalue weighted by molar-refractivity contribution is 5.79. The maximum atomic E-state index is 13.2. The molecule has 1 aromatic rings. The first-order valence-electron chi connectivity index (χ1n) is 6.28. The number of nitrogens with zero attached hydrogens (tertiary/aromatic N) is 1. The normalized spacial score (nSPS) is 18.9. The first-order valence-corrected chi connectivity index (χ1v) is 6.28. The number of rotatable bonds is 3. The molecule has 0 bridgehead atoms. The van der Waals surface area contributed by atoms with Gasteiger partial charge in [-0.3, -0.25) is 4.79 Å². The highest BCUT2D eigenvalue weighted by Gasteiger charge is 2.25. The quantitative estimate of drug-likeness (QED) is 0.885. The molecule has 0 spiro atoms. The fourth-order valence-electron chi connectivity index (χ4n) is 2.33. The Morgan fingerprint density at radius 1 is 1.56 bits per heavy atom. The molecule has 3 nitrogen and oxygen atoms in total. The van der Waals surface area contributed by atoms with Crippen LogP contribution in [-0.4, -0.2) is 30.9 Å². The molecule has 0 aromatic heterocycles. The molecule has 1 fully saturated rings. The first-order chi connectivity index (χ1) is 8.58. The third kappa shape index (κ3) is 2.88. The van der Waals surface area contributed by atoms with Crippen molar-refractivity contribution in [3.05, 3.63) is 35.1 Å². The van der Waals surface area contributed by atoms with E-state index in [1.807, 2.05) is 0 Å². The monoisotopic (exact) mass is 250 g/mol. The molecule has 0 radical (unpaired) electrons. The van der Waals surface area contributed by atoms with Crippen LogP contribution in [0.5, 0.6) is 0 Å². The van der Waals surface area contributed by atoms with Gasteiger partial charge in [-0.1, -0.05) is 12.1 Å². The standard InChI is InChI=1S/C14H19FN2O/c1-10-7-11(3-4-13(10)15)9-17(2)14(18)12-5-6-16-8-12/h3-4,7,12,16H,5-6,8-9H2,1-2H3. The third-order valence-corrected chi connectivity index (χ3v) is 3.43. The van der Waals surface area contributed by atoms with Gasteiger partial charge in [0.15, 0.2) is 0 Å². The second-order valence-electron chi connectivity index (χ2n) is 4.97. The Morgan fingerprint density at radius 3 is 2.94 bits per heavy atom. The number of aryl methyl sites for hydroxylation is 1. The summed E-state index contributed by atoms with van der Waals surface area (Å²) in [7, 11) is 1.80. The Labute approximate surface area is 107 Å². The highest BCUT2D eigenvalue weighted by atomic mass is 19.1. The van der Waals surface area contributed by atoms with Crippen LogP contribution in [0.15, 0.2) is 18.2 Å². The van der Waals surface area contributed by atoms with E-state index in [2.05, 4.69) is 5.32 Å². The van der Waals surface area contributed by atoms with Crippen LogP contribution in [0.25, 0.3) is 0 Å². The van der Waals surface area contributed by atoms with Gasteiger partial charge in [-0.25, -0.2) is 4.39 Å². The third-order valence-electron chi connectivity index (χ3n) is 3.43. The van der Waals surface area contributed by atoms with Crippen molar-refractivity contribution in [1.29, 1.82) is 0 Å². The van der Waals surface area contributed by atoms with Crippen molar-refractivity contribution in [2.75, 3.05) is 20.1 Å². The van der Waals surface area contributed by atoms with Gasteiger partial charge in [-0.15, -0.1) is 0 Å². The van der Waals surface area contributed by atoms with E-state index >= 15 is 0 Å². The molecule has 18 heavy (non-hydrogen) atoms. The zero-order chi connectivity index (χ0) is 13.1. The van der Waals surface area contributed by atoms with Crippen LogP contribution in [0.2, 0.25) is 0 Å². The van der Waals surface area contributed by atoms with Gasteiger partial charge in [-0.05, 0) is 37.1 Å². The molecule has 1 heterocycles. The molecule has 98 valence electrons. The van der Waals surface area contributed by atoms with Gasteiger partial charge in [0.1, 0.15) is 5.82 Å². The molecular formula is C14H19FN2O. The van der Waals surface area contributed by atoms with Crippen molar-refractivity contribution in [2.45, 2.75) is 19.9 Å². The first kappa shape index (κ1) is 13.0. The van der Waals surface area contributed by atoms with Crippen LogP contribution in [0.3, 0.4) is 0 Å². The lowest BCUT2D eigenvalue weighted by atomic mass is 10.1. The van der Waals surface area contributed by atoms with Gasteiger partial charge in [0, 0.05) is 20.1 Å². The maximum absolute atomic E-state index is 13.2. The van der Waals surface area contributed by atoms with Crippen molar-refractivity contribution in [3.63, 3.8) is 0 Å². The van der Waals surface area contributed by atoms with Gasteiger partial charge >= 0.3 is 0 Å². The molecular weight excluding hydrogens is 231 g/mol. The Morgan fingerprint density at radius 2 is 2.33 bits per heavy atom. The minimum Gasteiger partial charge on any atom is -0.341 e. The number of hydrogen-bond acceptors (Lipinski definition) is 2. The summed E-state index contributed by atoms with van der Waals surface area (Å²) in [6, 6.07) is 4.99. The van der Waals surface area contributed by atoms with Crippen molar-refractivity contribution in [3.8, 4) is 0 Å². The molecule has 4 heteroatoms. The van der Waals surface area contributed by atoms with E-state index in [4.69, 9.17) is 0 Å². The topological polar surface area (TPSA) is 32.3 Å². The molecule has 1 aliphatic rings. The fraction of sp³-hybridized carbons (Fsp3) is 0.500. The number of nitrogens with one attached hydrogen (secondary N) is 1. The van der Waals surface area contributed by atoms with Gasteiger partial charge < -0.3 is 10.2 Å². The van der Waals surface area contributed by atoms with Gasteiger partial charge in [0.25, 0.3) is 0 Å². The average molecular weight is 250 g/mol. The molecule has 1 N–H and O–H groups in total. The van der Waals surface area contributed by atoms with E-state index in [0.29, 0.717) is 12.1 Å². The summed E-state index contributed by atoms with van der Waals surface area (Å²) in [4.78, 5) is 13.8. The molecule has 1 aliphatic heterocycles. The molecule has 1 saturated heterocycles. The van der Waals surface area contributed by atoms with Crippen LogP contribution < -0.4 is 5.32 Å². The second-order valence-corrected chi connectivity index (χ2v) is 4.97. The van der Waals surface area contributed by atoms with Crippen molar-refractivity contribution in [1.82, 2.24) is 10.2 Å². The highest BCUT2D eigenvalue weighted by Crippen LogP contribution is 2.15. The number of carbonyl (C=O) groups is 1. The molecule has 1 amide bonds. The largest absolute Gasteiger partial charge is 0.341 e. The Bertz CT molecular complexity index is 441. The Kier molecular flexibility index (Phi) is 3.97. The molecule has 0 aliphatic carbocycles. The summed E-state index contributed by atoms with van der Waals surface area (Å²) in [5.74, 6) is 0.0613. The van der Waals surface area contributed by atoms with Crippen LogP contribution >= 0.6 is 0 Å². The molecule has 0 saturated carbocycles. The van der Waals surface area contributed by atoms with Gasteiger partial charge in [0.05, 0.1) is 5.92 Å². The average Bonchev–Trinajstić information content (AvgIpc) is 2.86. The predicted molar refractivity (Wildman–Crippen MR) is 68.6 cm³/mol. The van der Waals surface area contributed by atoms with E-state index in [1.54, 1.807) is 31.0 Å². The van der Waals surface area contributed by atoms with E-state index in [-0.39, 0.29) is 17.6 Å². The molecule has 1 atom stereocenters. The molecule has 1 unspecified atom stereocenters. The lowest BCUT2D eigenvalue weighted by Gasteiger charge is -2.21. The van der Waals surface area contributed by atoms with Crippen molar-refractivity contribution < 1.29 is 9.18 Å². The van der Waals surface area contributed by atoms with Crippen LogP contribution in [0.4, 0.5) is 4.39 Å². The van der Waals surface area contributed by atoms with Crippen LogP contribution in [0.1, 0.15) is 17.5 Å². The maximum Gasteiger partial charge on any atom is 0.227 e. The minimum absolute atomic E-state index is 0.0940. The Hall–Kier alpha value is -1.42. The zero-order valence-corrected chi connectivity index (χ0v) is 10.9. The summed E-state index contributed by atoms with van der Waals surface area (Å²) in [6.45, 7) is 3.96. The van der Waals surface area contributed by atoms with E-state index < -0.39 is 0 Å². The summed E-state index contributed by atoms with van der Waals surface area (Å²) in [5.41, 5.74) is 1.59. The van der Waals surface area contributed by atoms with Crippen LogP contribution in [-0.2, 0) is 11.3 Å². The number of hydrogen-bond donors (Lipinski definition) is 1. The van der Waals surface area contributed by atoms with E-state index in [0.717, 1.165) is 25.1 Å². The fourth-order valence-corrected chi connectivity index (χ4v) is 2.33. The number of halogens is 1. The Balaban J connectivity index is 1.99. The minimum atomic E-state index is -0.201. The van der Waals surface area contributed by atoms with E-state index in [1.165, 1.54) is 6.07 Å². The lowest BCUT2D eigenvalue weighted by Crippen LogP contribution is -2.33. The van der Waals surface area contributed by atoms with Crippen molar-refractivity contribution in [2.24, 2.45) is 5.92 Å². The number of benzene rings is 1. The van der Waals surface area contributed by atoms with Gasteiger partial charge in [-0.2, -0.15) is 0 Å². The summed E-state index contributed by atoms with van der Waals surface area (Å²) >= 11 is 0. The number of carbonyl (C=O) groups excluding carboxylic acids is 1. The molecule has 1 aromatic carbocycles. The van der Waals surface area contributed by atoms with Crippen molar-refractivity contribution >= 4 is 5.91 Å². The second kappa shape index (κ2) is 5.48. The summed E-state index contributed by atoms with van der Waals surface area (Å²) in [5, 5.41) is 3.19. The van der Waals surface area contributed by atoms with Gasteiger partial charge in [0.2, 0.25) is 5.91 Å². The zero-order valence-electron chi connectivity index (χ0n) is 10.9. The number of amides is 1. The summed E-state index contributed by atoms with van der Waals surface area (Å²) in [6.07, 6.45) is 0.908. The SMILES string of the molecule is Cc1cc(CN(C)C(=O)C2CCNC2)ccc1F. The van der Waals surface area contributed by atoms with Crippen LogP contribution in [0, 0.1) is 18.7 Å². The summed E-state index contributed by atoms with van der Waals surface area (Å²) < 4.78 is 13.2. The predicted octanol–water partition coefficient (Wildman–Crippen LogP) is 1.70. The lowest BCUT2D eigenvalue weighted by molar-refractivity contribution is -0.134. The molecule has 2 rings (SSSR count). The van der Waals surface area contributed by atoms with E-state index in [9.17, 15) is 9.18 Å². The smallest absolute Gasteiger partial charge is 0.227 e.